The molecule has 1 amide bonds. The molecule has 2 aliphatic heterocycles. The predicted molar refractivity (Wildman–Crippen MR) is 119 cm³/mol. The van der Waals surface area contributed by atoms with E-state index in [1.807, 2.05) is 0 Å². The number of rotatable bonds is 5. The first-order valence-electron chi connectivity index (χ1n) is 10.2. The van der Waals surface area contributed by atoms with E-state index in [0.717, 1.165) is 0 Å². The molecule has 2 aromatic carbocycles. The SMILES string of the molecule is COc1cc(OC)cc(C(=O)N2CCC3(CC2)OCCN3S(=O)(=O)c2ccc(Cl)cc2)c1. The van der Waals surface area contributed by atoms with Crippen LogP contribution in [0.25, 0.3) is 0 Å². The molecule has 4 rings (SSSR count). The van der Waals surface area contributed by atoms with Crippen molar-refractivity contribution in [2.75, 3.05) is 40.5 Å². The van der Waals surface area contributed by atoms with Gasteiger partial charge in [-0.3, -0.25) is 4.79 Å². The third-order valence-corrected chi connectivity index (χ3v) is 8.17. The van der Waals surface area contributed by atoms with Gasteiger partial charge in [0.1, 0.15) is 17.2 Å². The lowest BCUT2D eigenvalue weighted by Crippen LogP contribution is -2.55. The maximum absolute atomic E-state index is 13.3. The van der Waals surface area contributed by atoms with Gasteiger partial charge in [0.2, 0.25) is 10.0 Å². The second kappa shape index (κ2) is 8.90. The monoisotopic (exact) mass is 480 g/mol. The highest BCUT2D eigenvalue weighted by Gasteiger charge is 2.51. The molecule has 0 saturated carbocycles. The lowest BCUT2D eigenvalue weighted by molar-refractivity contribution is -0.0857. The zero-order valence-corrected chi connectivity index (χ0v) is 19.5. The Kier molecular flexibility index (Phi) is 6.35. The van der Waals surface area contributed by atoms with Crippen LogP contribution in [0, 0.1) is 0 Å². The minimum Gasteiger partial charge on any atom is -0.497 e. The average Bonchev–Trinajstić information content (AvgIpc) is 3.22. The largest absolute Gasteiger partial charge is 0.497 e. The number of halogens is 1. The van der Waals surface area contributed by atoms with Gasteiger partial charge >= 0.3 is 0 Å². The number of sulfonamides is 1. The van der Waals surface area contributed by atoms with Crippen molar-refractivity contribution >= 4 is 27.5 Å². The van der Waals surface area contributed by atoms with E-state index in [4.69, 9.17) is 25.8 Å². The van der Waals surface area contributed by atoms with E-state index in [1.54, 1.807) is 35.2 Å². The summed E-state index contributed by atoms with van der Waals surface area (Å²) >= 11 is 5.91. The van der Waals surface area contributed by atoms with Crippen LogP contribution in [0.15, 0.2) is 47.4 Å². The second-order valence-electron chi connectivity index (χ2n) is 7.72. The Morgan fingerprint density at radius 1 is 1.00 bits per heavy atom. The van der Waals surface area contributed by atoms with Crippen LogP contribution in [-0.4, -0.2) is 69.7 Å². The maximum atomic E-state index is 13.3. The molecule has 2 aromatic rings. The van der Waals surface area contributed by atoms with Crippen molar-refractivity contribution in [2.24, 2.45) is 0 Å². The number of methoxy groups -OCH3 is 2. The Labute approximate surface area is 192 Å². The lowest BCUT2D eigenvalue weighted by Gasteiger charge is -2.42. The average molecular weight is 481 g/mol. The molecule has 172 valence electrons. The van der Waals surface area contributed by atoms with Gasteiger partial charge in [-0.1, -0.05) is 11.6 Å². The Bertz CT molecular complexity index is 1080. The molecule has 2 saturated heterocycles. The fourth-order valence-electron chi connectivity index (χ4n) is 4.23. The molecule has 0 atom stereocenters. The van der Waals surface area contributed by atoms with Crippen molar-refractivity contribution in [1.82, 2.24) is 9.21 Å². The molecule has 2 aliphatic rings. The smallest absolute Gasteiger partial charge is 0.254 e. The molecule has 0 aliphatic carbocycles. The first-order chi connectivity index (χ1) is 15.3. The van der Waals surface area contributed by atoms with Crippen LogP contribution in [0.3, 0.4) is 0 Å². The van der Waals surface area contributed by atoms with Gasteiger partial charge in [0, 0.05) is 49.1 Å². The third kappa shape index (κ3) is 4.17. The first-order valence-corrected chi connectivity index (χ1v) is 12.1. The molecule has 0 unspecified atom stereocenters. The normalized spacial score (nSPS) is 18.7. The van der Waals surface area contributed by atoms with Crippen molar-refractivity contribution in [2.45, 2.75) is 23.5 Å². The molecular formula is C22H25ClN2O6S. The van der Waals surface area contributed by atoms with Gasteiger partial charge in [-0.25, -0.2) is 8.42 Å². The summed E-state index contributed by atoms with van der Waals surface area (Å²) in [6.07, 6.45) is 0.763. The maximum Gasteiger partial charge on any atom is 0.254 e. The second-order valence-corrected chi connectivity index (χ2v) is 10.0. The Morgan fingerprint density at radius 2 is 1.59 bits per heavy atom. The molecular weight excluding hydrogens is 456 g/mol. The zero-order valence-electron chi connectivity index (χ0n) is 17.9. The number of nitrogens with zero attached hydrogens (tertiary/aromatic N) is 2. The minimum absolute atomic E-state index is 0.165. The van der Waals surface area contributed by atoms with Crippen molar-refractivity contribution in [3.05, 3.63) is 53.1 Å². The van der Waals surface area contributed by atoms with Gasteiger partial charge in [-0.05, 0) is 36.4 Å². The first kappa shape index (κ1) is 22.8. The standard InChI is InChI=1S/C22H25ClN2O6S/c1-29-18-13-16(14-19(15-18)30-2)21(26)24-9-7-22(8-10-24)25(11-12-31-22)32(27,28)20-5-3-17(23)4-6-20/h3-6,13-15H,7-12H2,1-2H3. The number of hydrogen-bond donors (Lipinski definition) is 0. The third-order valence-electron chi connectivity index (χ3n) is 5.95. The molecule has 2 heterocycles. The summed E-state index contributed by atoms with van der Waals surface area (Å²) in [5, 5.41) is 0.470. The summed E-state index contributed by atoms with van der Waals surface area (Å²) in [5.41, 5.74) is -0.503. The van der Waals surface area contributed by atoms with E-state index in [0.29, 0.717) is 54.6 Å². The Hall–Kier alpha value is -2.33. The van der Waals surface area contributed by atoms with Gasteiger partial charge in [-0.2, -0.15) is 4.31 Å². The summed E-state index contributed by atoms with van der Waals surface area (Å²) in [4.78, 5) is 15.0. The van der Waals surface area contributed by atoms with E-state index < -0.39 is 15.7 Å². The van der Waals surface area contributed by atoms with Crippen LogP contribution < -0.4 is 9.47 Å². The van der Waals surface area contributed by atoms with E-state index in [-0.39, 0.29) is 17.3 Å². The highest BCUT2D eigenvalue weighted by molar-refractivity contribution is 7.89. The van der Waals surface area contributed by atoms with Gasteiger partial charge in [0.15, 0.2) is 0 Å². The topological polar surface area (TPSA) is 85.4 Å². The summed E-state index contributed by atoms with van der Waals surface area (Å²) in [6, 6.07) is 11.1. The van der Waals surface area contributed by atoms with Crippen LogP contribution in [0.5, 0.6) is 11.5 Å². The molecule has 1 spiro atoms. The van der Waals surface area contributed by atoms with Crippen LogP contribution in [0.1, 0.15) is 23.2 Å². The lowest BCUT2D eigenvalue weighted by atomic mass is 10.00. The molecule has 32 heavy (non-hydrogen) atoms. The van der Waals surface area contributed by atoms with Crippen molar-refractivity contribution < 1.29 is 27.4 Å². The van der Waals surface area contributed by atoms with Gasteiger partial charge in [0.05, 0.1) is 25.7 Å². The predicted octanol–water partition coefficient (Wildman–Crippen LogP) is 3.01. The molecule has 0 N–H and O–H groups in total. The van der Waals surface area contributed by atoms with Crippen molar-refractivity contribution in [3.63, 3.8) is 0 Å². The summed E-state index contributed by atoms with van der Waals surface area (Å²) < 4.78 is 44.5. The number of hydrogen-bond acceptors (Lipinski definition) is 6. The van der Waals surface area contributed by atoms with Crippen molar-refractivity contribution in [3.8, 4) is 11.5 Å². The molecule has 8 nitrogen and oxygen atoms in total. The minimum atomic E-state index is -3.76. The number of carbonyl (C=O) groups excluding carboxylic acids is 1. The Balaban J connectivity index is 1.52. The van der Waals surface area contributed by atoms with E-state index >= 15 is 0 Å². The zero-order chi connectivity index (χ0) is 22.9. The molecule has 0 radical (unpaired) electrons. The van der Waals surface area contributed by atoms with Crippen LogP contribution in [-0.2, 0) is 14.8 Å². The molecule has 0 aromatic heterocycles. The highest BCUT2D eigenvalue weighted by atomic mass is 35.5. The van der Waals surface area contributed by atoms with Gasteiger partial charge in [-0.15, -0.1) is 0 Å². The highest BCUT2D eigenvalue weighted by Crippen LogP contribution is 2.39. The molecule has 0 bridgehead atoms. The quantitative estimate of drug-likeness (QED) is 0.654. The van der Waals surface area contributed by atoms with Crippen molar-refractivity contribution in [1.29, 1.82) is 0 Å². The fraction of sp³-hybridized carbons (Fsp3) is 0.409. The summed E-state index contributed by atoms with van der Waals surface area (Å²) in [7, 11) is -0.701. The molecule has 2 fully saturated rings. The Morgan fingerprint density at radius 3 is 2.16 bits per heavy atom. The van der Waals surface area contributed by atoms with E-state index in [2.05, 4.69) is 0 Å². The van der Waals surface area contributed by atoms with Crippen LogP contribution in [0.2, 0.25) is 5.02 Å². The number of amides is 1. The summed E-state index contributed by atoms with van der Waals surface area (Å²) in [5.74, 6) is 0.892. The number of likely N-dealkylation sites (tertiary alicyclic amines) is 1. The van der Waals surface area contributed by atoms with Crippen LogP contribution >= 0.6 is 11.6 Å². The van der Waals surface area contributed by atoms with Gasteiger partial charge < -0.3 is 19.1 Å². The number of ether oxygens (including phenoxy) is 3. The van der Waals surface area contributed by atoms with Crippen LogP contribution in [0.4, 0.5) is 0 Å². The molecule has 10 heteroatoms. The van der Waals surface area contributed by atoms with E-state index in [9.17, 15) is 13.2 Å². The fourth-order valence-corrected chi connectivity index (χ4v) is 6.08. The number of carbonyl (C=O) groups is 1. The number of benzene rings is 2. The van der Waals surface area contributed by atoms with E-state index in [1.165, 1.54) is 30.7 Å². The number of piperidine rings is 1. The summed E-state index contributed by atoms with van der Waals surface area (Å²) in [6.45, 7) is 1.32. The van der Waals surface area contributed by atoms with Gasteiger partial charge in [0.25, 0.3) is 5.91 Å².